The minimum absolute atomic E-state index is 0.286. The lowest BCUT2D eigenvalue weighted by Crippen LogP contribution is -2.15. The Hall–Kier alpha value is -1.05. The number of rotatable bonds is 3. The van der Waals surface area contributed by atoms with Gasteiger partial charge in [-0.25, -0.2) is 17.2 Å². The highest BCUT2D eigenvalue weighted by Crippen LogP contribution is 2.25. The average Bonchev–Trinajstić information content (AvgIpc) is 2.14. The zero-order valence-corrected chi connectivity index (χ0v) is 9.26. The van der Waals surface area contributed by atoms with Gasteiger partial charge < -0.3 is 10.8 Å². The normalized spacial score (nSPS) is 13.8. The van der Waals surface area contributed by atoms with E-state index in [0.29, 0.717) is 6.26 Å². The number of aliphatic hydroxyl groups is 1. The highest BCUT2D eigenvalue weighted by atomic mass is 32.2. The van der Waals surface area contributed by atoms with Crippen LogP contribution in [0.15, 0.2) is 17.0 Å². The van der Waals surface area contributed by atoms with Crippen molar-refractivity contribution < 1.29 is 22.3 Å². The zero-order valence-electron chi connectivity index (χ0n) is 8.44. The molecule has 0 spiro atoms. The lowest BCUT2D eigenvalue weighted by Gasteiger charge is -2.12. The molecule has 0 aliphatic heterocycles. The Balaban J connectivity index is 3.51. The van der Waals surface area contributed by atoms with Gasteiger partial charge in [-0.05, 0) is 6.07 Å². The molecule has 90 valence electrons. The topological polar surface area (TPSA) is 80.4 Å². The van der Waals surface area contributed by atoms with E-state index >= 15 is 0 Å². The highest BCUT2D eigenvalue weighted by Gasteiger charge is 2.24. The van der Waals surface area contributed by atoms with E-state index in [1.807, 2.05) is 0 Å². The average molecular weight is 251 g/mol. The number of benzene rings is 1. The van der Waals surface area contributed by atoms with Crippen molar-refractivity contribution >= 4 is 9.84 Å². The quantitative estimate of drug-likeness (QED) is 0.812. The van der Waals surface area contributed by atoms with Gasteiger partial charge in [0.2, 0.25) is 0 Å². The summed E-state index contributed by atoms with van der Waals surface area (Å²) in [5.74, 6) is -2.48. The van der Waals surface area contributed by atoms with Crippen molar-refractivity contribution in [2.24, 2.45) is 5.73 Å². The minimum Gasteiger partial charge on any atom is -0.387 e. The molecular weight excluding hydrogens is 240 g/mol. The highest BCUT2D eigenvalue weighted by molar-refractivity contribution is 7.90. The molecular formula is C9H11F2NO3S. The number of aliphatic hydroxyl groups excluding tert-OH is 1. The van der Waals surface area contributed by atoms with Crippen LogP contribution >= 0.6 is 0 Å². The van der Waals surface area contributed by atoms with Crippen LogP contribution in [0.1, 0.15) is 11.7 Å². The first-order chi connectivity index (χ1) is 7.29. The van der Waals surface area contributed by atoms with Crippen molar-refractivity contribution in [2.45, 2.75) is 11.0 Å². The molecule has 7 heteroatoms. The molecule has 0 bridgehead atoms. The van der Waals surface area contributed by atoms with Crippen LogP contribution in [0, 0.1) is 11.6 Å². The number of hydrogen-bond donors (Lipinski definition) is 2. The molecule has 0 saturated heterocycles. The second kappa shape index (κ2) is 4.44. The minimum atomic E-state index is -4.03. The second-order valence-electron chi connectivity index (χ2n) is 3.30. The summed E-state index contributed by atoms with van der Waals surface area (Å²) < 4.78 is 49.1. The third kappa shape index (κ3) is 2.37. The standard InChI is InChI=1S/C9H11F2NO3S/c1-16(14,15)9-6(10)3-2-5(8(9)11)7(13)4-12/h2-3,7,13H,4,12H2,1H3. The van der Waals surface area contributed by atoms with Gasteiger partial charge >= 0.3 is 0 Å². The lowest BCUT2D eigenvalue weighted by atomic mass is 10.1. The fourth-order valence-electron chi connectivity index (χ4n) is 1.27. The monoisotopic (exact) mass is 251 g/mol. The largest absolute Gasteiger partial charge is 0.387 e. The van der Waals surface area contributed by atoms with Gasteiger partial charge in [0.05, 0.1) is 6.10 Å². The van der Waals surface area contributed by atoms with E-state index in [1.165, 1.54) is 0 Å². The van der Waals surface area contributed by atoms with Crippen molar-refractivity contribution in [3.63, 3.8) is 0 Å². The van der Waals surface area contributed by atoms with Crippen LogP contribution in [0.25, 0.3) is 0 Å². The van der Waals surface area contributed by atoms with E-state index in [4.69, 9.17) is 5.73 Å². The van der Waals surface area contributed by atoms with E-state index in [0.717, 1.165) is 12.1 Å². The van der Waals surface area contributed by atoms with Crippen molar-refractivity contribution in [2.75, 3.05) is 12.8 Å². The van der Waals surface area contributed by atoms with Crippen molar-refractivity contribution in [1.82, 2.24) is 0 Å². The summed E-state index contributed by atoms with van der Waals surface area (Å²) >= 11 is 0. The maximum atomic E-state index is 13.6. The molecule has 1 rings (SSSR count). The molecule has 1 aromatic rings. The van der Waals surface area contributed by atoms with E-state index in [2.05, 4.69) is 0 Å². The SMILES string of the molecule is CS(=O)(=O)c1c(F)ccc(C(O)CN)c1F. The maximum absolute atomic E-state index is 13.6. The van der Waals surface area contributed by atoms with Gasteiger partial charge in [-0.1, -0.05) is 6.07 Å². The summed E-state index contributed by atoms with van der Waals surface area (Å²) in [5.41, 5.74) is 4.78. The molecule has 0 radical (unpaired) electrons. The predicted molar refractivity (Wildman–Crippen MR) is 53.5 cm³/mol. The first kappa shape index (κ1) is 13.0. The Morgan fingerprint density at radius 1 is 1.44 bits per heavy atom. The molecule has 1 aromatic carbocycles. The molecule has 0 aromatic heterocycles. The number of sulfone groups is 1. The predicted octanol–water partition coefficient (Wildman–Crippen LogP) is 0.360. The third-order valence-electron chi connectivity index (χ3n) is 2.03. The molecule has 0 fully saturated rings. The number of nitrogens with two attached hydrogens (primary N) is 1. The Labute approximate surface area is 91.6 Å². The van der Waals surface area contributed by atoms with E-state index in [1.54, 1.807) is 0 Å². The molecule has 1 unspecified atom stereocenters. The summed E-state index contributed by atoms with van der Waals surface area (Å²) in [4.78, 5) is -1.04. The van der Waals surface area contributed by atoms with Crippen LogP contribution in [0.4, 0.5) is 8.78 Å². The van der Waals surface area contributed by atoms with Crippen LogP contribution in [-0.4, -0.2) is 26.3 Å². The van der Waals surface area contributed by atoms with Crippen molar-refractivity contribution in [3.8, 4) is 0 Å². The van der Waals surface area contributed by atoms with Gasteiger partial charge in [0, 0.05) is 18.4 Å². The van der Waals surface area contributed by atoms with E-state index in [-0.39, 0.29) is 12.1 Å². The van der Waals surface area contributed by atoms with Gasteiger partial charge in [-0.15, -0.1) is 0 Å². The molecule has 0 saturated carbocycles. The van der Waals surface area contributed by atoms with Crippen LogP contribution < -0.4 is 5.73 Å². The van der Waals surface area contributed by atoms with Crippen molar-refractivity contribution in [3.05, 3.63) is 29.3 Å². The van der Waals surface area contributed by atoms with Gasteiger partial charge in [-0.2, -0.15) is 0 Å². The van der Waals surface area contributed by atoms with Gasteiger partial charge in [0.25, 0.3) is 0 Å². The van der Waals surface area contributed by atoms with Gasteiger partial charge in [0.15, 0.2) is 15.7 Å². The Kier molecular flexibility index (Phi) is 3.61. The summed E-state index contributed by atoms with van der Waals surface area (Å²) in [6, 6.07) is 1.75. The summed E-state index contributed by atoms with van der Waals surface area (Å²) in [6.45, 7) is -0.286. The Morgan fingerprint density at radius 3 is 2.44 bits per heavy atom. The lowest BCUT2D eigenvalue weighted by molar-refractivity contribution is 0.180. The van der Waals surface area contributed by atoms with Crippen LogP contribution in [0.3, 0.4) is 0 Å². The molecule has 4 nitrogen and oxygen atoms in total. The van der Waals surface area contributed by atoms with Crippen LogP contribution in [-0.2, 0) is 9.84 Å². The molecule has 0 heterocycles. The van der Waals surface area contributed by atoms with E-state index in [9.17, 15) is 22.3 Å². The Bertz CT molecular complexity index is 502. The molecule has 3 N–H and O–H groups in total. The Morgan fingerprint density at radius 2 is 2.00 bits per heavy atom. The fourth-order valence-corrected chi connectivity index (χ4v) is 2.14. The number of halogens is 2. The first-order valence-corrected chi connectivity index (χ1v) is 6.24. The molecule has 0 aliphatic carbocycles. The van der Waals surface area contributed by atoms with Gasteiger partial charge in [-0.3, -0.25) is 0 Å². The maximum Gasteiger partial charge on any atom is 0.181 e. The number of hydrogen-bond acceptors (Lipinski definition) is 4. The molecule has 1 atom stereocenters. The summed E-state index contributed by atoms with van der Waals surface area (Å²) in [7, 11) is -4.03. The fraction of sp³-hybridized carbons (Fsp3) is 0.333. The van der Waals surface area contributed by atoms with E-state index < -0.39 is 32.5 Å². The van der Waals surface area contributed by atoms with Crippen LogP contribution in [0.5, 0.6) is 0 Å². The summed E-state index contributed by atoms with van der Waals surface area (Å²) in [5, 5.41) is 9.31. The van der Waals surface area contributed by atoms with Crippen molar-refractivity contribution in [1.29, 1.82) is 0 Å². The molecule has 0 aliphatic rings. The molecule has 0 amide bonds. The first-order valence-electron chi connectivity index (χ1n) is 4.35. The zero-order chi connectivity index (χ0) is 12.5. The van der Waals surface area contributed by atoms with Gasteiger partial charge in [0.1, 0.15) is 10.7 Å². The van der Waals surface area contributed by atoms with Crippen LogP contribution in [0.2, 0.25) is 0 Å². The smallest absolute Gasteiger partial charge is 0.181 e. The summed E-state index contributed by atoms with van der Waals surface area (Å²) in [6.07, 6.45) is -0.672. The third-order valence-corrected chi connectivity index (χ3v) is 3.15. The second-order valence-corrected chi connectivity index (χ2v) is 5.26. The molecule has 16 heavy (non-hydrogen) atoms.